The Kier molecular flexibility index (Phi) is 3.15. The van der Waals surface area contributed by atoms with Gasteiger partial charge in [0.1, 0.15) is 12.2 Å². The summed E-state index contributed by atoms with van der Waals surface area (Å²) >= 11 is 0. The highest BCUT2D eigenvalue weighted by molar-refractivity contribution is 5.43. The lowest BCUT2D eigenvalue weighted by Gasteiger charge is -2.36. The van der Waals surface area contributed by atoms with Crippen LogP contribution in [0.25, 0.3) is 0 Å². The van der Waals surface area contributed by atoms with Gasteiger partial charge in [-0.1, -0.05) is 12.1 Å². The number of hydrogen-bond acceptors (Lipinski definition) is 4. The Morgan fingerprint density at radius 1 is 1.45 bits per heavy atom. The van der Waals surface area contributed by atoms with Gasteiger partial charge in [0, 0.05) is 24.6 Å². The van der Waals surface area contributed by atoms with Gasteiger partial charge in [-0.3, -0.25) is 0 Å². The van der Waals surface area contributed by atoms with E-state index in [1.165, 1.54) is 0 Å². The van der Waals surface area contributed by atoms with Crippen LogP contribution in [0.5, 0.6) is 0 Å². The van der Waals surface area contributed by atoms with Crippen molar-refractivity contribution in [2.75, 3.05) is 5.73 Å². The monoisotopic (exact) mass is 267 g/mol. The van der Waals surface area contributed by atoms with Crippen LogP contribution in [0.3, 0.4) is 0 Å². The van der Waals surface area contributed by atoms with Crippen molar-refractivity contribution < 1.29 is 0 Å². The van der Waals surface area contributed by atoms with Crippen LogP contribution in [0, 0.1) is 23.2 Å². The molecule has 1 atom stereocenters. The van der Waals surface area contributed by atoms with Gasteiger partial charge in [0.25, 0.3) is 0 Å². The van der Waals surface area contributed by atoms with Crippen molar-refractivity contribution in [2.45, 2.75) is 18.8 Å². The molecule has 2 aromatic rings. The predicted molar refractivity (Wildman–Crippen MR) is 75.5 cm³/mol. The molecule has 1 unspecified atom stereocenters. The molecule has 1 saturated carbocycles. The average Bonchev–Trinajstić information content (AvgIpc) is 2.79. The van der Waals surface area contributed by atoms with Gasteiger partial charge in [0.15, 0.2) is 0 Å². The number of benzene rings is 1. The van der Waals surface area contributed by atoms with Crippen molar-refractivity contribution in [3.05, 3.63) is 42.0 Å². The zero-order valence-corrected chi connectivity index (χ0v) is 11.4. The molecule has 1 aliphatic carbocycles. The summed E-state index contributed by atoms with van der Waals surface area (Å²) in [6.07, 6.45) is 3.56. The molecule has 0 spiro atoms. The van der Waals surface area contributed by atoms with E-state index in [1.54, 1.807) is 6.33 Å². The molecule has 20 heavy (non-hydrogen) atoms. The highest BCUT2D eigenvalue weighted by Crippen LogP contribution is 2.45. The van der Waals surface area contributed by atoms with Crippen molar-refractivity contribution in [3.8, 4) is 6.07 Å². The van der Waals surface area contributed by atoms with Gasteiger partial charge in [-0.05, 0) is 36.5 Å². The van der Waals surface area contributed by atoms with E-state index in [2.05, 4.69) is 22.3 Å². The third-order valence-electron chi connectivity index (χ3n) is 4.12. The fourth-order valence-electron chi connectivity index (χ4n) is 3.00. The first-order valence-corrected chi connectivity index (χ1v) is 6.78. The van der Waals surface area contributed by atoms with Crippen LogP contribution in [-0.2, 0) is 7.05 Å². The zero-order valence-electron chi connectivity index (χ0n) is 11.4. The third-order valence-corrected chi connectivity index (χ3v) is 4.12. The zero-order chi connectivity index (χ0) is 14.1. The molecular formula is C15H17N5. The average molecular weight is 267 g/mol. The summed E-state index contributed by atoms with van der Waals surface area (Å²) in [4.78, 5) is 0. The number of aromatic nitrogens is 3. The van der Waals surface area contributed by atoms with E-state index in [0.29, 0.717) is 5.92 Å². The molecule has 0 radical (unpaired) electrons. The van der Waals surface area contributed by atoms with E-state index in [-0.39, 0.29) is 11.8 Å². The Bertz CT molecular complexity index is 648. The van der Waals surface area contributed by atoms with Gasteiger partial charge < -0.3 is 10.3 Å². The second-order valence-corrected chi connectivity index (χ2v) is 5.51. The Hall–Kier alpha value is -2.35. The number of nitrogen functional groups attached to an aromatic ring is 1. The minimum atomic E-state index is 0.163. The highest BCUT2D eigenvalue weighted by atomic mass is 15.2. The minimum Gasteiger partial charge on any atom is -0.399 e. The van der Waals surface area contributed by atoms with Gasteiger partial charge in [-0.25, -0.2) is 0 Å². The third kappa shape index (κ3) is 2.14. The molecule has 1 aromatic carbocycles. The first kappa shape index (κ1) is 12.7. The quantitative estimate of drug-likeness (QED) is 0.863. The summed E-state index contributed by atoms with van der Waals surface area (Å²) in [6, 6.07) is 10.3. The summed E-state index contributed by atoms with van der Waals surface area (Å²) in [5, 5.41) is 17.2. The van der Waals surface area contributed by atoms with Gasteiger partial charge in [0.05, 0.1) is 6.07 Å². The van der Waals surface area contributed by atoms with E-state index in [1.807, 2.05) is 29.8 Å². The van der Waals surface area contributed by atoms with Gasteiger partial charge in [-0.2, -0.15) is 5.26 Å². The van der Waals surface area contributed by atoms with E-state index in [9.17, 15) is 0 Å². The van der Waals surface area contributed by atoms with E-state index < -0.39 is 0 Å². The lowest BCUT2D eigenvalue weighted by atomic mass is 9.67. The lowest BCUT2D eigenvalue weighted by molar-refractivity contribution is 0.215. The molecule has 0 aliphatic heterocycles. The summed E-state index contributed by atoms with van der Waals surface area (Å²) in [5.41, 5.74) is 7.82. The smallest absolute Gasteiger partial charge is 0.140 e. The molecule has 2 N–H and O–H groups in total. The van der Waals surface area contributed by atoms with Crippen molar-refractivity contribution in [3.63, 3.8) is 0 Å². The lowest BCUT2D eigenvalue weighted by Crippen LogP contribution is -2.30. The molecule has 3 rings (SSSR count). The molecule has 5 heteroatoms. The number of nitriles is 1. The minimum absolute atomic E-state index is 0.163. The number of nitrogens with two attached hydrogens (primary N) is 1. The fourth-order valence-corrected chi connectivity index (χ4v) is 3.00. The van der Waals surface area contributed by atoms with Crippen LogP contribution >= 0.6 is 0 Å². The van der Waals surface area contributed by atoms with E-state index in [0.717, 1.165) is 29.9 Å². The highest BCUT2D eigenvalue weighted by Gasteiger charge is 2.38. The molecule has 102 valence electrons. The van der Waals surface area contributed by atoms with Crippen LogP contribution in [0.1, 0.15) is 30.1 Å². The van der Waals surface area contributed by atoms with Gasteiger partial charge >= 0.3 is 0 Å². The molecule has 1 heterocycles. The van der Waals surface area contributed by atoms with Crippen LogP contribution in [0.15, 0.2) is 30.6 Å². The molecule has 5 nitrogen and oxygen atoms in total. The Morgan fingerprint density at radius 2 is 2.25 bits per heavy atom. The Labute approximate surface area is 118 Å². The molecular weight excluding hydrogens is 250 g/mol. The maximum Gasteiger partial charge on any atom is 0.140 e. The van der Waals surface area contributed by atoms with Crippen LogP contribution < -0.4 is 5.73 Å². The Morgan fingerprint density at radius 3 is 2.85 bits per heavy atom. The largest absolute Gasteiger partial charge is 0.399 e. The second kappa shape index (κ2) is 4.97. The molecule has 0 bridgehead atoms. The van der Waals surface area contributed by atoms with Crippen molar-refractivity contribution in [1.29, 1.82) is 5.26 Å². The van der Waals surface area contributed by atoms with Crippen LogP contribution in [0.2, 0.25) is 0 Å². The van der Waals surface area contributed by atoms with Crippen molar-refractivity contribution in [1.82, 2.24) is 14.8 Å². The van der Waals surface area contributed by atoms with E-state index in [4.69, 9.17) is 11.0 Å². The summed E-state index contributed by atoms with van der Waals surface area (Å²) in [6.45, 7) is 0. The van der Waals surface area contributed by atoms with Crippen molar-refractivity contribution in [2.24, 2.45) is 18.9 Å². The topological polar surface area (TPSA) is 80.5 Å². The SMILES string of the molecule is Cn1cnnc1C(c1cccc(N)c1)C1CC(C#N)C1. The van der Waals surface area contributed by atoms with Gasteiger partial charge in [0.2, 0.25) is 0 Å². The van der Waals surface area contributed by atoms with Crippen molar-refractivity contribution >= 4 is 5.69 Å². The first-order valence-electron chi connectivity index (χ1n) is 6.78. The normalized spacial score (nSPS) is 22.8. The maximum absolute atomic E-state index is 8.98. The number of anilines is 1. The Balaban J connectivity index is 1.97. The molecule has 0 amide bonds. The van der Waals surface area contributed by atoms with E-state index >= 15 is 0 Å². The number of hydrogen-bond donors (Lipinski definition) is 1. The molecule has 1 aromatic heterocycles. The van der Waals surface area contributed by atoms with Gasteiger partial charge in [-0.15, -0.1) is 10.2 Å². The number of rotatable bonds is 3. The van der Waals surface area contributed by atoms with Crippen LogP contribution in [0.4, 0.5) is 5.69 Å². The number of aryl methyl sites for hydroxylation is 1. The summed E-state index contributed by atoms with van der Waals surface area (Å²) < 4.78 is 1.95. The number of nitrogens with zero attached hydrogens (tertiary/aromatic N) is 4. The summed E-state index contributed by atoms with van der Waals surface area (Å²) in [5.74, 6) is 1.72. The molecule has 1 aliphatic rings. The fraction of sp³-hybridized carbons (Fsp3) is 0.400. The molecule has 0 saturated heterocycles. The predicted octanol–water partition coefficient (Wildman–Crippen LogP) is 2.08. The second-order valence-electron chi connectivity index (χ2n) is 5.51. The summed E-state index contributed by atoms with van der Waals surface area (Å²) in [7, 11) is 1.95. The standard InChI is InChI=1S/C15H17N5/c1-20-9-18-19-15(20)14(12-5-10(6-12)8-16)11-3-2-4-13(17)7-11/h2-4,7,9-10,12,14H,5-6,17H2,1H3. The first-order chi connectivity index (χ1) is 9.69. The maximum atomic E-state index is 8.98. The van der Waals surface area contributed by atoms with Crippen LogP contribution in [-0.4, -0.2) is 14.8 Å². The molecule has 1 fully saturated rings.